The summed E-state index contributed by atoms with van der Waals surface area (Å²) in [7, 11) is 1.57. The van der Waals surface area contributed by atoms with E-state index in [2.05, 4.69) is 0 Å². The molecule has 0 aromatic rings. The number of esters is 1. The maximum absolute atomic E-state index is 11.5. The van der Waals surface area contributed by atoms with Gasteiger partial charge in [-0.1, -0.05) is 0 Å². The van der Waals surface area contributed by atoms with E-state index < -0.39 is 18.0 Å². The van der Waals surface area contributed by atoms with Crippen molar-refractivity contribution in [2.45, 2.75) is 31.7 Å². The van der Waals surface area contributed by atoms with Crippen LogP contribution in [0.15, 0.2) is 0 Å². The van der Waals surface area contributed by atoms with Crippen molar-refractivity contribution >= 4 is 17.8 Å². The monoisotopic (exact) mass is 229 g/mol. The Morgan fingerprint density at radius 2 is 2.25 bits per heavy atom. The molecule has 0 aromatic carbocycles. The van der Waals surface area contributed by atoms with Crippen LogP contribution >= 0.6 is 0 Å². The van der Waals surface area contributed by atoms with Crippen molar-refractivity contribution in [3.05, 3.63) is 0 Å². The molecule has 1 N–H and O–H groups in total. The summed E-state index contributed by atoms with van der Waals surface area (Å²) < 4.78 is 4.90. The summed E-state index contributed by atoms with van der Waals surface area (Å²) in [6.07, 6.45) is 1.12. The van der Waals surface area contributed by atoms with Crippen LogP contribution in [0.4, 0.5) is 0 Å². The summed E-state index contributed by atoms with van der Waals surface area (Å²) in [5, 5.41) is 8.37. The molecule has 90 valence electrons. The minimum atomic E-state index is -0.913. The smallest absolute Gasteiger partial charge is 0.328 e. The van der Waals surface area contributed by atoms with E-state index in [1.165, 1.54) is 4.90 Å². The number of aliphatic carboxylic acids is 1. The van der Waals surface area contributed by atoms with Gasteiger partial charge in [0, 0.05) is 19.9 Å². The minimum Gasteiger partial charge on any atom is -0.481 e. The highest BCUT2D eigenvalue weighted by atomic mass is 16.5. The van der Waals surface area contributed by atoms with E-state index in [0.29, 0.717) is 19.3 Å². The summed E-state index contributed by atoms with van der Waals surface area (Å²) in [6.45, 7) is 0.0870. The van der Waals surface area contributed by atoms with E-state index in [0.717, 1.165) is 0 Å². The number of amides is 1. The lowest BCUT2D eigenvalue weighted by atomic mass is 10.2. The number of carboxylic acid groups (broad SMARTS) is 1. The summed E-state index contributed by atoms with van der Waals surface area (Å²) in [5.41, 5.74) is 0. The Hall–Kier alpha value is -1.59. The second-order valence-corrected chi connectivity index (χ2v) is 3.72. The first-order valence-corrected chi connectivity index (χ1v) is 5.16. The van der Waals surface area contributed by atoms with Gasteiger partial charge < -0.3 is 14.7 Å². The molecule has 0 aromatic heterocycles. The first kappa shape index (κ1) is 12.5. The molecule has 0 bridgehead atoms. The molecule has 0 spiro atoms. The molecule has 1 fully saturated rings. The van der Waals surface area contributed by atoms with Gasteiger partial charge >= 0.3 is 11.9 Å². The van der Waals surface area contributed by atoms with Gasteiger partial charge in [-0.25, -0.2) is 4.79 Å². The maximum Gasteiger partial charge on any atom is 0.328 e. The van der Waals surface area contributed by atoms with Gasteiger partial charge in [-0.15, -0.1) is 0 Å². The van der Waals surface area contributed by atoms with Crippen LogP contribution in [0.1, 0.15) is 25.7 Å². The molecule has 0 radical (unpaired) electrons. The average molecular weight is 229 g/mol. The molecule has 1 amide bonds. The van der Waals surface area contributed by atoms with Crippen LogP contribution in [0.3, 0.4) is 0 Å². The van der Waals surface area contributed by atoms with Gasteiger partial charge in [-0.3, -0.25) is 9.59 Å². The van der Waals surface area contributed by atoms with Crippen molar-refractivity contribution in [3.63, 3.8) is 0 Å². The lowest BCUT2D eigenvalue weighted by Gasteiger charge is -2.17. The van der Waals surface area contributed by atoms with Crippen LogP contribution in [-0.4, -0.2) is 47.5 Å². The zero-order valence-corrected chi connectivity index (χ0v) is 9.14. The predicted octanol–water partition coefficient (Wildman–Crippen LogP) is 0.0152. The van der Waals surface area contributed by atoms with Gasteiger partial charge in [0.05, 0.1) is 6.61 Å². The second kappa shape index (κ2) is 5.48. The molecule has 6 heteroatoms. The van der Waals surface area contributed by atoms with Crippen molar-refractivity contribution in [3.8, 4) is 0 Å². The van der Waals surface area contributed by atoms with Gasteiger partial charge in [0.1, 0.15) is 6.04 Å². The number of hydrogen-bond acceptors (Lipinski definition) is 4. The van der Waals surface area contributed by atoms with Crippen LogP contribution in [0.5, 0.6) is 0 Å². The zero-order chi connectivity index (χ0) is 12.1. The van der Waals surface area contributed by atoms with Gasteiger partial charge in [0.2, 0.25) is 5.91 Å². The SMILES string of the molecule is CN1C(=O)CCC1C(=O)OCCCC(=O)O. The number of carbonyl (C=O) groups excluding carboxylic acids is 2. The summed E-state index contributed by atoms with van der Waals surface area (Å²) >= 11 is 0. The van der Waals surface area contributed by atoms with Crippen LogP contribution < -0.4 is 0 Å². The molecule has 0 saturated carbocycles. The third kappa shape index (κ3) is 3.22. The number of carbonyl (C=O) groups is 3. The molecule has 1 saturated heterocycles. The van der Waals surface area contributed by atoms with E-state index in [1.807, 2.05) is 0 Å². The van der Waals surface area contributed by atoms with Gasteiger partial charge in [-0.2, -0.15) is 0 Å². The van der Waals surface area contributed by atoms with Crippen molar-refractivity contribution in [2.24, 2.45) is 0 Å². The Bertz CT molecular complexity index is 302. The van der Waals surface area contributed by atoms with Gasteiger partial charge in [0.15, 0.2) is 0 Å². The van der Waals surface area contributed by atoms with Crippen molar-refractivity contribution < 1.29 is 24.2 Å². The summed E-state index contributed by atoms with van der Waals surface area (Å²) in [5.74, 6) is -1.42. The molecule has 0 aliphatic carbocycles. The van der Waals surface area contributed by atoms with Crippen molar-refractivity contribution in [1.82, 2.24) is 4.90 Å². The van der Waals surface area contributed by atoms with Crippen LogP contribution in [0, 0.1) is 0 Å². The number of likely N-dealkylation sites (N-methyl/N-ethyl adjacent to an activating group) is 1. The van der Waals surface area contributed by atoms with E-state index in [-0.39, 0.29) is 18.9 Å². The fraction of sp³-hybridized carbons (Fsp3) is 0.700. The van der Waals surface area contributed by atoms with Crippen molar-refractivity contribution in [1.29, 1.82) is 0 Å². The molecule has 1 aliphatic heterocycles. The van der Waals surface area contributed by atoms with Crippen molar-refractivity contribution in [2.75, 3.05) is 13.7 Å². The summed E-state index contributed by atoms with van der Waals surface area (Å²) in [6, 6.07) is -0.502. The molecular formula is C10H15NO5. The topological polar surface area (TPSA) is 83.9 Å². The highest BCUT2D eigenvalue weighted by Crippen LogP contribution is 2.17. The van der Waals surface area contributed by atoms with Crippen LogP contribution in [0.25, 0.3) is 0 Å². The third-order valence-corrected chi connectivity index (χ3v) is 2.54. The van der Waals surface area contributed by atoms with Gasteiger partial charge in [0.25, 0.3) is 0 Å². The number of ether oxygens (including phenoxy) is 1. The Labute approximate surface area is 93.2 Å². The molecule has 1 aliphatic rings. The summed E-state index contributed by atoms with van der Waals surface area (Å²) in [4.78, 5) is 34.2. The third-order valence-electron chi connectivity index (χ3n) is 2.54. The lowest BCUT2D eigenvalue weighted by Crippen LogP contribution is -2.36. The second-order valence-electron chi connectivity index (χ2n) is 3.72. The molecule has 1 heterocycles. The highest BCUT2D eigenvalue weighted by molar-refractivity contribution is 5.87. The largest absolute Gasteiger partial charge is 0.481 e. The molecule has 1 rings (SSSR count). The number of likely N-dealkylation sites (tertiary alicyclic amines) is 1. The van der Waals surface area contributed by atoms with Gasteiger partial charge in [-0.05, 0) is 12.8 Å². The number of hydrogen-bond donors (Lipinski definition) is 1. The molecule has 16 heavy (non-hydrogen) atoms. The average Bonchev–Trinajstić information content (AvgIpc) is 2.54. The molecule has 6 nitrogen and oxygen atoms in total. The molecule has 1 atom stereocenters. The first-order chi connectivity index (χ1) is 7.52. The van der Waals surface area contributed by atoms with Crippen LogP contribution in [-0.2, 0) is 19.1 Å². The fourth-order valence-electron chi connectivity index (χ4n) is 1.57. The fourth-order valence-corrected chi connectivity index (χ4v) is 1.57. The minimum absolute atomic E-state index is 0.0211. The van der Waals surface area contributed by atoms with Crippen LogP contribution in [0.2, 0.25) is 0 Å². The molecule has 1 unspecified atom stereocenters. The van der Waals surface area contributed by atoms with E-state index in [4.69, 9.17) is 9.84 Å². The maximum atomic E-state index is 11.5. The zero-order valence-electron chi connectivity index (χ0n) is 9.14. The predicted molar refractivity (Wildman–Crippen MR) is 53.6 cm³/mol. The first-order valence-electron chi connectivity index (χ1n) is 5.16. The Morgan fingerprint density at radius 1 is 1.56 bits per heavy atom. The Balaban J connectivity index is 2.25. The normalized spacial score (nSPS) is 19.9. The van der Waals surface area contributed by atoms with E-state index >= 15 is 0 Å². The Morgan fingerprint density at radius 3 is 2.75 bits per heavy atom. The number of carboxylic acids is 1. The number of nitrogens with zero attached hydrogens (tertiary/aromatic N) is 1. The van der Waals surface area contributed by atoms with E-state index in [1.54, 1.807) is 7.05 Å². The molecular weight excluding hydrogens is 214 g/mol. The quantitative estimate of drug-likeness (QED) is 0.530. The number of rotatable bonds is 5. The highest BCUT2D eigenvalue weighted by Gasteiger charge is 2.34. The van der Waals surface area contributed by atoms with E-state index in [9.17, 15) is 14.4 Å². The Kier molecular flexibility index (Phi) is 4.28. The lowest BCUT2D eigenvalue weighted by molar-refractivity contribution is -0.151. The standard InChI is InChI=1S/C10H15NO5/c1-11-7(4-5-8(11)12)10(15)16-6-2-3-9(13)14/h7H,2-6H2,1H3,(H,13,14).